The van der Waals surface area contributed by atoms with Gasteiger partial charge in [-0.3, -0.25) is 9.59 Å². The van der Waals surface area contributed by atoms with E-state index >= 15 is 0 Å². The van der Waals surface area contributed by atoms with E-state index < -0.39 is 54.2 Å². The van der Waals surface area contributed by atoms with Gasteiger partial charge in [0.15, 0.2) is 17.1 Å². The van der Waals surface area contributed by atoms with Crippen LogP contribution < -0.4 is 10.6 Å². The normalized spacial score (nSPS) is 21.5. The van der Waals surface area contributed by atoms with Crippen LogP contribution in [-0.4, -0.2) is 55.8 Å². The van der Waals surface area contributed by atoms with Gasteiger partial charge in [-0.15, -0.1) is 0 Å². The molecule has 0 saturated heterocycles. The molecule has 3 aromatic heterocycles. The molecule has 16 heteroatoms. The number of amides is 2. The summed E-state index contributed by atoms with van der Waals surface area (Å²) in [6.07, 6.45) is -6.68. The number of halogens is 6. The number of hydrogen-bond donors (Lipinski definition) is 2. The van der Waals surface area contributed by atoms with Crippen molar-refractivity contribution in [1.82, 2.24) is 24.7 Å². The van der Waals surface area contributed by atoms with E-state index in [1.54, 1.807) is 0 Å². The average Bonchev–Trinajstić information content (AvgIpc) is 3.30. The van der Waals surface area contributed by atoms with E-state index in [0.29, 0.717) is 0 Å². The van der Waals surface area contributed by atoms with Crippen LogP contribution in [0.1, 0.15) is 18.9 Å². The van der Waals surface area contributed by atoms with E-state index in [9.17, 15) is 35.9 Å². The van der Waals surface area contributed by atoms with Crippen molar-refractivity contribution < 1.29 is 40.7 Å². The minimum Gasteiger partial charge on any atom is -0.363 e. The first kappa shape index (κ1) is 23.9. The molecule has 190 valence electrons. The Kier molecular flexibility index (Phi) is 5.04. The minimum absolute atomic E-state index is 0.0376. The maximum absolute atomic E-state index is 14.0. The molecule has 10 nitrogen and oxygen atoms in total. The van der Waals surface area contributed by atoms with Gasteiger partial charge in [-0.05, 0) is 13.0 Å². The lowest BCUT2D eigenvalue weighted by atomic mass is 9.80. The molecule has 0 spiro atoms. The molecule has 0 fully saturated rings. The number of carbonyl (C=O) groups is 2. The Balaban J connectivity index is 1.64. The number of fused-ring (bicyclic) bond motifs is 1. The monoisotopic (exact) mass is 515 g/mol. The van der Waals surface area contributed by atoms with E-state index in [1.807, 2.05) is 0 Å². The fraction of sp³-hybridized carbons (Fsp3) is 0.400. The molecule has 2 N–H and O–H groups in total. The zero-order valence-electron chi connectivity index (χ0n) is 18.4. The predicted molar refractivity (Wildman–Crippen MR) is 109 cm³/mol. The summed E-state index contributed by atoms with van der Waals surface area (Å²) in [6, 6.07) is 0.934. The molecule has 0 aromatic carbocycles. The summed E-state index contributed by atoms with van der Waals surface area (Å²) < 4.78 is 85.1. The Bertz CT molecular complexity index is 1440. The van der Waals surface area contributed by atoms with Gasteiger partial charge in [-0.1, -0.05) is 0 Å². The number of nitrogens with zero attached hydrogens (tertiary/aromatic N) is 5. The van der Waals surface area contributed by atoms with Gasteiger partial charge in [0.2, 0.25) is 5.91 Å². The lowest BCUT2D eigenvalue weighted by molar-refractivity contribution is -0.285. The zero-order chi connectivity index (χ0) is 26.2. The predicted octanol–water partition coefficient (Wildman–Crippen LogP) is 3.00. The van der Waals surface area contributed by atoms with E-state index in [0.717, 1.165) is 16.9 Å². The first-order valence-corrected chi connectivity index (χ1v) is 10.4. The molecule has 0 saturated carbocycles. The molecule has 0 aliphatic carbocycles. The van der Waals surface area contributed by atoms with Crippen LogP contribution in [0.25, 0.3) is 22.6 Å². The highest BCUT2D eigenvalue weighted by Gasteiger charge is 2.59. The van der Waals surface area contributed by atoms with Crippen LogP contribution in [0.4, 0.5) is 38.0 Å². The average molecular weight is 515 g/mol. The molecule has 0 bridgehead atoms. The van der Waals surface area contributed by atoms with Crippen molar-refractivity contribution in [3.63, 3.8) is 0 Å². The van der Waals surface area contributed by atoms with Crippen LogP contribution >= 0.6 is 0 Å². The number of rotatable bonds is 5. The summed E-state index contributed by atoms with van der Waals surface area (Å²) in [6.45, 7) is 0.557. The third-order valence-corrected chi connectivity index (χ3v) is 6.23. The van der Waals surface area contributed by atoms with Crippen molar-refractivity contribution in [1.29, 1.82) is 0 Å². The summed E-state index contributed by atoms with van der Waals surface area (Å²) in [4.78, 5) is 37.6. The van der Waals surface area contributed by atoms with Crippen LogP contribution in [0, 0.1) is 11.7 Å². The van der Waals surface area contributed by atoms with E-state index in [4.69, 9.17) is 4.74 Å². The third-order valence-electron chi connectivity index (χ3n) is 6.23. The maximum Gasteiger partial charge on any atom is 0.453 e. The number of nitrogens with one attached hydrogen (secondary N) is 2. The fourth-order valence-corrected chi connectivity index (χ4v) is 4.35. The van der Waals surface area contributed by atoms with E-state index in [-0.39, 0.29) is 39.8 Å². The highest BCUT2D eigenvalue weighted by Crippen LogP contribution is 2.49. The minimum atomic E-state index is -5.77. The summed E-state index contributed by atoms with van der Waals surface area (Å²) in [5.41, 5.74) is -1.97. The van der Waals surface area contributed by atoms with E-state index in [2.05, 4.69) is 30.7 Å². The van der Waals surface area contributed by atoms with Crippen molar-refractivity contribution in [2.75, 3.05) is 17.7 Å². The lowest BCUT2D eigenvalue weighted by Crippen LogP contribution is -2.50. The maximum atomic E-state index is 14.0. The van der Waals surface area contributed by atoms with E-state index in [1.165, 1.54) is 14.0 Å². The van der Waals surface area contributed by atoms with Crippen molar-refractivity contribution in [2.45, 2.75) is 37.6 Å². The highest BCUT2D eigenvalue weighted by atomic mass is 19.4. The number of alkyl halides is 5. The van der Waals surface area contributed by atoms with Crippen LogP contribution in [0.3, 0.4) is 0 Å². The molecular formula is C20H15F6N7O3. The summed E-state index contributed by atoms with van der Waals surface area (Å²) >= 11 is 0. The van der Waals surface area contributed by atoms with Gasteiger partial charge in [-0.25, -0.2) is 24.0 Å². The van der Waals surface area contributed by atoms with Gasteiger partial charge in [0.25, 0.3) is 5.91 Å². The second-order valence-electron chi connectivity index (χ2n) is 8.27. The molecule has 0 radical (unpaired) electrons. The Morgan fingerprint density at radius 1 is 1.14 bits per heavy atom. The van der Waals surface area contributed by atoms with Gasteiger partial charge >= 0.3 is 12.1 Å². The number of aromatic nitrogens is 5. The molecule has 2 amide bonds. The summed E-state index contributed by atoms with van der Waals surface area (Å²) in [5.74, 6) is -8.47. The smallest absolute Gasteiger partial charge is 0.363 e. The van der Waals surface area contributed by atoms with Gasteiger partial charge in [0.1, 0.15) is 23.1 Å². The molecule has 3 aromatic rings. The van der Waals surface area contributed by atoms with Crippen molar-refractivity contribution in [2.24, 2.45) is 5.92 Å². The number of hydrogen-bond acceptors (Lipinski definition) is 7. The van der Waals surface area contributed by atoms with Crippen molar-refractivity contribution >= 4 is 34.5 Å². The van der Waals surface area contributed by atoms with Crippen molar-refractivity contribution in [3.8, 4) is 11.5 Å². The van der Waals surface area contributed by atoms with Crippen LogP contribution in [0.15, 0.2) is 12.3 Å². The third kappa shape index (κ3) is 3.23. The standard InChI is InChI=1S/C20H15F6N7O3/c1-7-16(34)30-12-10-13(31-17(35)19(7,10)36-2)29-14(28-12)11-9-5-8(21)6-27-15(9)33(32-11)4-3-18(22,23)20(24,25)26/h5-7H,3-4H2,1-2H3,(H2,28,29,30,31,34,35)/t7-,19-/m0/s1. The van der Waals surface area contributed by atoms with Gasteiger partial charge in [0, 0.05) is 20.1 Å². The van der Waals surface area contributed by atoms with Gasteiger partial charge in [-0.2, -0.15) is 27.1 Å². The first-order chi connectivity index (χ1) is 16.8. The number of carbonyl (C=O) groups excluding carboxylic acids is 2. The van der Waals surface area contributed by atoms with Crippen molar-refractivity contribution in [3.05, 3.63) is 23.6 Å². The Morgan fingerprint density at radius 2 is 1.81 bits per heavy atom. The molecule has 5 rings (SSSR count). The second-order valence-corrected chi connectivity index (χ2v) is 8.27. The number of ether oxygens (including phenoxy) is 1. The zero-order valence-corrected chi connectivity index (χ0v) is 18.4. The summed E-state index contributed by atoms with van der Waals surface area (Å²) in [5, 5.41) is 8.96. The molecule has 2 aliphatic rings. The summed E-state index contributed by atoms with van der Waals surface area (Å²) in [7, 11) is 1.24. The van der Waals surface area contributed by atoms with Gasteiger partial charge in [0.05, 0.1) is 23.1 Å². The SMILES string of the molecule is CO[C@]12C(=O)Nc3nc(-c4nn(CCC(F)(F)C(F)(F)F)c5ncc(F)cc45)nc(c31)NC(=O)[C@@H]2C. The van der Waals surface area contributed by atoms with Gasteiger partial charge < -0.3 is 15.4 Å². The molecule has 2 aliphatic heterocycles. The fourth-order valence-electron chi connectivity index (χ4n) is 4.35. The first-order valence-electron chi connectivity index (χ1n) is 10.4. The molecule has 5 heterocycles. The lowest BCUT2D eigenvalue weighted by Gasteiger charge is -2.35. The highest BCUT2D eigenvalue weighted by molar-refractivity contribution is 6.13. The van der Waals surface area contributed by atoms with Crippen LogP contribution in [-0.2, 0) is 26.5 Å². The molecule has 2 atom stereocenters. The Labute approximate surface area is 197 Å². The quantitative estimate of drug-likeness (QED) is 0.501. The second kappa shape index (κ2) is 7.59. The number of anilines is 2. The number of methoxy groups -OCH3 is 1. The topological polar surface area (TPSA) is 124 Å². The number of pyridine rings is 1. The Morgan fingerprint density at radius 3 is 2.44 bits per heavy atom. The largest absolute Gasteiger partial charge is 0.453 e. The van der Waals surface area contributed by atoms with Crippen LogP contribution in [0.2, 0.25) is 0 Å². The molecule has 0 unspecified atom stereocenters. The molecular weight excluding hydrogens is 500 g/mol. The number of aryl methyl sites for hydroxylation is 1. The van der Waals surface area contributed by atoms with Crippen LogP contribution in [0.5, 0.6) is 0 Å². The Hall–Kier alpha value is -3.82. The molecule has 36 heavy (non-hydrogen) atoms.